The number of primary amides is 1. The van der Waals surface area contributed by atoms with Crippen molar-refractivity contribution in [3.63, 3.8) is 0 Å². The molecule has 0 radical (unpaired) electrons. The van der Waals surface area contributed by atoms with Crippen LogP contribution < -0.4 is 11.1 Å². The average Bonchev–Trinajstić information content (AvgIpc) is 2.71. The molecule has 2 aromatic rings. The molecule has 1 aromatic heterocycles. The third-order valence-corrected chi connectivity index (χ3v) is 2.55. The molecule has 0 spiro atoms. The standard InChI is InChI=1S/C10H9N3OS/c11-9(14)7-3-1-2-4-8(7)13-10-12-5-6-15-10/h1-6H,(H2,11,14)(H,12,13). The maximum absolute atomic E-state index is 11.1. The van der Waals surface area contributed by atoms with Gasteiger partial charge in [-0.2, -0.15) is 0 Å². The first-order valence-electron chi connectivity index (χ1n) is 4.33. The van der Waals surface area contributed by atoms with Crippen molar-refractivity contribution in [2.45, 2.75) is 0 Å². The van der Waals surface area contributed by atoms with Crippen molar-refractivity contribution in [1.82, 2.24) is 4.98 Å². The number of hydrogen-bond donors (Lipinski definition) is 2. The highest BCUT2D eigenvalue weighted by atomic mass is 32.1. The Balaban J connectivity index is 2.32. The molecule has 0 saturated carbocycles. The van der Waals surface area contributed by atoms with Crippen molar-refractivity contribution >= 4 is 28.1 Å². The summed E-state index contributed by atoms with van der Waals surface area (Å²) in [5, 5.41) is 5.64. The van der Waals surface area contributed by atoms with Gasteiger partial charge in [-0.25, -0.2) is 4.98 Å². The molecule has 0 aliphatic carbocycles. The molecule has 2 rings (SSSR count). The van der Waals surface area contributed by atoms with Crippen molar-refractivity contribution < 1.29 is 4.79 Å². The van der Waals surface area contributed by atoms with Gasteiger partial charge in [0.2, 0.25) is 0 Å². The molecule has 0 atom stereocenters. The summed E-state index contributed by atoms with van der Waals surface area (Å²) in [4.78, 5) is 15.2. The summed E-state index contributed by atoms with van der Waals surface area (Å²) < 4.78 is 0. The van der Waals surface area contributed by atoms with Crippen molar-refractivity contribution in [1.29, 1.82) is 0 Å². The summed E-state index contributed by atoms with van der Waals surface area (Å²) in [5.74, 6) is -0.449. The van der Waals surface area contributed by atoms with E-state index in [2.05, 4.69) is 10.3 Å². The normalized spacial score (nSPS) is 9.87. The molecule has 1 heterocycles. The van der Waals surface area contributed by atoms with E-state index in [-0.39, 0.29) is 0 Å². The molecule has 3 N–H and O–H groups in total. The minimum atomic E-state index is -0.449. The molecule has 5 heteroatoms. The van der Waals surface area contributed by atoms with Crippen LogP contribution in [0.2, 0.25) is 0 Å². The molecule has 0 aliphatic heterocycles. The average molecular weight is 219 g/mol. The smallest absolute Gasteiger partial charge is 0.250 e. The minimum absolute atomic E-state index is 0.449. The van der Waals surface area contributed by atoms with Crippen LogP contribution in [0.15, 0.2) is 35.8 Å². The van der Waals surface area contributed by atoms with Gasteiger partial charge in [-0.1, -0.05) is 12.1 Å². The highest BCUT2D eigenvalue weighted by Gasteiger charge is 2.07. The van der Waals surface area contributed by atoms with E-state index in [1.807, 2.05) is 11.4 Å². The van der Waals surface area contributed by atoms with Crippen LogP contribution in [-0.4, -0.2) is 10.9 Å². The summed E-state index contributed by atoms with van der Waals surface area (Å²) in [5.41, 5.74) is 6.39. The summed E-state index contributed by atoms with van der Waals surface area (Å²) in [7, 11) is 0. The van der Waals surface area contributed by atoms with Crippen LogP contribution in [0.4, 0.5) is 10.8 Å². The Morgan fingerprint density at radius 3 is 2.87 bits per heavy atom. The number of carbonyl (C=O) groups excluding carboxylic acids is 1. The van der Waals surface area contributed by atoms with Gasteiger partial charge in [-0.15, -0.1) is 11.3 Å². The number of aromatic nitrogens is 1. The Morgan fingerprint density at radius 2 is 2.20 bits per heavy atom. The molecule has 0 saturated heterocycles. The second kappa shape index (κ2) is 4.10. The zero-order valence-electron chi connectivity index (χ0n) is 7.81. The largest absolute Gasteiger partial charge is 0.366 e. The molecule has 1 aromatic carbocycles. The highest BCUT2D eigenvalue weighted by Crippen LogP contribution is 2.21. The van der Waals surface area contributed by atoms with Gasteiger partial charge in [0.25, 0.3) is 5.91 Å². The number of para-hydroxylation sites is 1. The number of nitrogens with one attached hydrogen (secondary N) is 1. The predicted octanol–water partition coefficient (Wildman–Crippen LogP) is 1.99. The Bertz CT molecular complexity index is 467. The van der Waals surface area contributed by atoms with E-state index in [0.717, 1.165) is 5.13 Å². The SMILES string of the molecule is NC(=O)c1ccccc1Nc1nccs1. The molecular weight excluding hydrogens is 210 g/mol. The predicted molar refractivity (Wildman–Crippen MR) is 60.4 cm³/mol. The molecule has 76 valence electrons. The third kappa shape index (κ3) is 2.13. The minimum Gasteiger partial charge on any atom is -0.366 e. The number of nitrogens with two attached hydrogens (primary N) is 1. The summed E-state index contributed by atoms with van der Waals surface area (Å²) in [6, 6.07) is 7.08. The molecule has 0 bridgehead atoms. The number of rotatable bonds is 3. The number of hydrogen-bond acceptors (Lipinski definition) is 4. The summed E-state index contributed by atoms with van der Waals surface area (Å²) in [6.45, 7) is 0. The van der Waals surface area contributed by atoms with Gasteiger partial charge >= 0.3 is 0 Å². The number of nitrogens with zero attached hydrogens (tertiary/aromatic N) is 1. The van der Waals surface area contributed by atoms with E-state index in [0.29, 0.717) is 11.3 Å². The molecule has 0 fully saturated rings. The van der Waals surface area contributed by atoms with Gasteiger partial charge in [0.05, 0.1) is 11.3 Å². The zero-order chi connectivity index (χ0) is 10.7. The lowest BCUT2D eigenvalue weighted by Gasteiger charge is -2.06. The lowest BCUT2D eigenvalue weighted by molar-refractivity contribution is 0.100. The third-order valence-electron chi connectivity index (χ3n) is 1.87. The Kier molecular flexibility index (Phi) is 2.64. The van der Waals surface area contributed by atoms with Gasteiger partial charge in [-0.05, 0) is 12.1 Å². The van der Waals surface area contributed by atoms with Crippen LogP contribution in [0.1, 0.15) is 10.4 Å². The van der Waals surface area contributed by atoms with E-state index in [1.165, 1.54) is 11.3 Å². The van der Waals surface area contributed by atoms with Crippen LogP contribution in [0.3, 0.4) is 0 Å². The molecule has 0 unspecified atom stereocenters. The molecule has 15 heavy (non-hydrogen) atoms. The number of benzene rings is 1. The topological polar surface area (TPSA) is 68.0 Å². The van der Waals surface area contributed by atoms with E-state index >= 15 is 0 Å². The Labute approximate surface area is 90.8 Å². The first-order valence-corrected chi connectivity index (χ1v) is 5.20. The fourth-order valence-corrected chi connectivity index (χ4v) is 1.75. The number of anilines is 2. The molecule has 0 aliphatic rings. The fourth-order valence-electron chi connectivity index (χ4n) is 1.21. The van der Waals surface area contributed by atoms with Gasteiger partial charge in [-0.3, -0.25) is 4.79 Å². The van der Waals surface area contributed by atoms with Crippen molar-refractivity contribution in [2.75, 3.05) is 5.32 Å². The molecular formula is C10H9N3OS. The van der Waals surface area contributed by atoms with Crippen molar-refractivity contribution in [3.8, 4) is 0 Å². The van der Waals surface area contributed by atoms with Crippen LogP contribution in [-0.2, 0) is 0 Å². The first-order chi connectivity index (χ1) is 7.27. The van der Waals surface area contributed by atoms with Gasteiger partial charge in [0.15, 0.2) is 5.13 Å². The summed E-state index contributed by atoms with van der Waals surface area (Å²) in [6.07, 6.45) is 1.69. The Morgan fingerprint density at radius 1 is 1.40 bits per heavy atom. The van der Waals surface area contributed by atoms with Crippen LogP contribution >= 0.6 is 11.3 Å². The molecule has 4 nitrogen and oxygen atoms in total. The fraction of sp³-hybridized carbons (Fsp3) is 0. The molecule has 1 amide bonds. The number of carbonyl (C=O) groups is 1. The van der Waals surface area contributed by atoms with E-state index in [9.17, 15) is 4.79 Å². The lowest BCUT2D eigenvalue weighted by Crippen LogP contribution is -2.12. The van der Waals surface area contributed by atoms with Gasteiger partial charge in [0.1, 0.15) is 0 Å². The van der Waals surface area contributed by atoms with E-state index in [4.69, 9.17) is 5.73 Å². The van der Waals surface area contributed by atoms with Crippen LogP contribution in [0.5, 0.6) is 0 Å². The summed E-state index contributed by atoms with van der Waals surface area (Å²) >= 11 is 1.46. The zero-order valence-corrected chi connectivity index (χ0v) is 8.62. The van der Waals surface area contributed by atoms with Gasteiger partial charge in [0, 0.05) is 11.6 Å². The van der Waals surface area contributed by atoms with Crippen molar-refractivity contribution in [2.24, 2.45) is 5.73 Å². The maximum atomic E-state index is 11.1. The maximum Gasteiger partial charge on any atom is 0.250 e. The number of amides is 1. The van der Waals surface area contributed by atoms with E-state index < -0.39 is 5.91 Å². The number of thiazole rings is 1. The highest BCUT2D eigenvalue weighted by molar-refractivity contribution is 7.13. The van der Waals surface area contributed by atoms with Gasteiger partial charge < -0.3 is 11.1 Å². The van der Waals surface area contributed by atoms with E-state index in [1.54, 1.807) is 24.4 Å². The Hall–Kier alpha value is -1.88. The van der Waals surface area contributed by atoms with Crippen LogP contribution in [0, 0.1) is 0 Å². The second-order valence-electron chi connectivity index (χ2n) is 2.87. The quantitative estimate of drug-likeness (QED) is 0.829. The second-order valence-corrected chi connectivity index (χ2v) is 3.77. The lowest BCUT2D eigenvalue weighted by atomic mass is 10.2. The monoisotopic (exact) mass is 219 g/mol. The van der Waals surface area contributed by atoms with Crippen LogP contribution in [0.25, 0.3) is 0 Å². The van der Waals surface area contributed by atoms with Crippen molar-refractivity contribution in [3.05, 3.63) is 41.4 Å². The first kappa shape index (κ1) is 9.67.